The molecule has 3 heterocycles. The number of nitrogens with two attached hydrogens (primary N) is 1. The average molecular weight is 311 g/mol. The van der Waals surface area contributed by atoms with Gasteiger partial charge in [0.15, 0.2) is 5.76 Å². The zero-order valence-electron chi connectivity index (χ0n) is 10.2. The van der Waals surface area contributed by atoms with Crippen LogP contribution in [0.15, 0.2) is 37.4 Å². The van der Waals surface area contributed by atoms with Gasteiger partial charge < -0.3 is 8.94 Å². The second kappa shape index (κ2) is 4.54. The van der Waals surface area contributed by atoms with Gasteiger partial charge >= 0.3 is 0 Å². The molecule has 2 N–H and O–H groups in total. The van der Waals surface area contributed by atoms with E-state index in [0.717, 1.165) is 4.88 Å². The Morgan fingerprint density at radius 3 is 2.80 bits per heavy atom. The third kappa shape index (κ3) is 2.26. The van der Waals surface area contributed by atoms with Crippen molar-refractivity contribution in [1.29, 1.82) is 0 Å². The van der Waals surface area contributed by atoms with Crippen molar-refractivity contribution in [2.75, 3.05) is 0 Å². The van der Waals surface area contributed by atoms with Crippen molar-refractivity contribution in [1.82, 2.24) is 10.1 Å². The minimum absolute atomic E-state index is 0.0941. The van der Waals surface area contributed by atoms with E-state index in [1.54, 1.807) is 0 Å². The van der Waals surface area contributed by atoms with E-state index in [-0.39, 0.29) is 22.3 Å². The summed E-state index contributed by atoms with van der Waals surface area (Å²) in [5, 5.41) is 10.8. The van der Waals surface area contributed by atoms with E-state index >= 15 is 0 Å². The number of primary sulfonamides is 1. The zero-order valence-corrected chi connectivity index (χ0v) is 11.9. The van der Waals surface area contributed by atoms with E-state index < -0.39 is 10.0 Å². The molecule has 3 rings (SSSR count). The van der Waals surface area contributed by atoms with Crippen LogP contribution in [0.4, 0.5) is 0 Å². The summed E-state index contributed by atoms with van der Waals surface area (Å²) in [5.74, 6) is 0.868. The lowest BCUT2D eigenvalue weighted by atomic mass is 10.4. The molecule has 0 aromatic carbocycles. The van der Waals surface area contributed by atoms with Gasteiger partial charge in [0.25, 0.3) is 5.89 Å². The molecule has 3 aromatic rings. The number of aryl methyl sites for hydroxylation is 1. The van der Waals surface area contributed by atoms with Crippen LogP contribution < -0.4 is 5.14 Å². The highest BCUT2D eigenvalue weighted by Crippen LogP contribution is 2.29. The SMILES string of the molecule is Cc1oc(-c2nc(-c3cccs3)no2)cc1S(N)(=O)=O. The third-order valence-electron chi connectivity index (χ3n) is 2.56. The third-order valence-corrected chi connectivity index (χ3v) is 4.44. The lowest BCUT2D eigenvalue weighted by Gasteiger charge is -1.90. The summed E-state index contributed by atoms with van der Waals surface area (Å²) in [6.45, 7) is 1.50. The van der Waals surface area contributed by atoms with E-state index in [1.165, 1.54) is 24.3 Å². The zero-order chi connectivity index (χ0) is 14.3. The molecule has 0 saturated heterocycles. The molecule has 0 aliphatic heterocycles. The molecule has 7 nitrogen and oxygen atoms in total. The Hall–Kier alpha value is -1.97. The van der Waals surface area contributed by atoms with Gasteiger partial charge in [-0.25, -0.2) is 13.6 Å². The van der Waals surface area contributed by atoms with Crippen LogP contribution in [0.5, 0.6) is 0 Å². The molecule has 0 radical (unpaired) electrons. The van der Waals surface area contributed by atoms with E-state index in [0.29, 0.717) is 5.82 Å². The molecule has 0 atom stereocenters. The summed E-state index contributed by atoms with van der Waals surface area (Å²) in [6.07, 6.45) is 0. The van der Waals surface area contributed by atoms with Gasteiger partial charge in [-0.1, -0.05) is 11.2 Å². The number of nitrogens with zero attached hydrogens (tertiary/aromatic N) is 2. The molecule has 0 aliphatic rings. The summed E-state index contributed by atoms with van der Waals surface area (Å²) in [6, 6.07) is 4.99. The Morgan fingerprint density at radius 1 is 1.40 bits per heavy atom. The predicted molar refractivity (Wildman–Crippen MR) is 71.4 cm³/mol. The van der Waals surface area contributed by atoms with Gasteiger partial charge in [0.2, 0.25) is 15.8 Å². The maximum Gasteiger partial charge on any atom is 0.294 e. The first kappa shape index (κ1) is 13.0. The predicted octanol–water partition coefficient (Wildman–Crippen LogP) is 2.01. The first-order valence-corrected chi connectivity index (χ1v) is 7.89. The highest BCUT2D eigenvalue weighted by Gasteiger charge is 2.21. The van der Waals surface area contributed by atoms with Crippen LogP contribution in [0.25, 0.3) is 22.4 Å². The Bertz CT molecular complexity index is 846. The van der Waals surface area contributed by atoms with E-state index in [2.05, 4.69) is 10.1 Å². The Labute approximate surface area is 118 Å². The van der Waals surface area contributed by atoms with Crippen molar-refractivity contribution in [2.24, 2.45) is 5.14 Å². The first-order valence-electron chi connectivity index (χ1n) is 5.46. The number of thiophene rings is 1. The van der Waals surface area contributed by atoms with Crippen molar-refractivity contribution in [3.8, 4) is 22.4 Å². The Balaban J connectivity index is 2.03. The normalized spacial score (nSPS) is 11.9. The Kier molecular flexibility index (Phi) is 2.96. The van der Waals surface area contributed by atoms with Gasteiger partial charge in [0.05, 0.1) is 4.88 Å². The second-order valence-electron chi connectivity index (χ2n) is 3.98. The molecule has 0 saturated carbocycles. The average Bonchev–Trinajstić information content (AvgIpc) is 3.06. The fraction of sp³-hybridized carbons (Fsp3) is 0.0909. The van der Waals surface area contributed by atoms with Gasteiger partial charge in [-0.05, 0) is 18.4 Å². The van der Waals surface area contributed by atoms with Gasteiger partial charge in [-0.2, -0.15) is 4.98 Å². The van der Waals surface area contributed by atoms with Crippen molar-refractivity contribution in [3.05, 3.63) is 29.3 Å². The lowest BCUT2D eigenvalue weighted by molar-refractivity contribution is 0.413. The molecule has 0 amide bonds. The number of hydrogen-bond donors (Lipinski definition) is 1. The standard InChI is InChI=1S/C11H9N3O4S2/c1-6-9(20(12,15)16)5-7(17-6)11-13-10(14-18-11)8-3-2-4-19-8/h2-5H,1H3,(H2,12,15,16). The monoisotopic (exact) mass is 311 g/mol. The molecular formula is C11H9N3O4S2. The molecule has 0 unspecified atom stereocenters. The van der Waals surface area contributed by atoms with Crippen molar-refractivity contribution >= 4 is 21.4 Å². The van der Waals surface area contributed by atoms with Gasteiger partial charge in [0.1, 0.15) is 10.7 Å². The molecule has 3 aromatic heterocycles. The molecular weight excluding hydrogens is 302 g/mol. The molecule has 0 fully saturated rings. The van der Waals surface area contributed by atoms with E-state index in [1.807, 2.05) is 17.5 Å². The highest BCUT2D eigenvalue weighted by molar-refractivity contribution is 7.89. The van der Waals surface area contributed by atoms with Crippen LogP contribution in [0.2, 0.25) is 0 Å². The van der Waals surface area contributed by atoms with Gasteiger partial charge in [-0.3, -0.25) is 0 Å². The number of furan rings is 1. The number of aromatic nitrogens is 2. The summed E-state index contributed by atoms with van der Waals surface area (Å²) < 4.78 is 33.1. The summed E-state index contributed by atoms with van der Waals surface area (Å²) in [4.78, 5) is 4.91. The molecule has 0 bridgehead atoms. The van der Waals surface area contributed by atoms with Crippen LogP contribution in [-0.4, -0.2) is 18.6 Å². The van der Waals surface area contributed by atoms with Crippen molar-refractivity contribution in [3.63, 3.8) is 0 Å². The van der Waals surface area contributed by atoms with Crippen LogP contribution >= 0.6 is 11.3 Å². The van der Waals surface area contributed by atoms with Crippen LogP contribution in [0, 0.1) is 6.92 Å². The van der Waals surface area contributed by atoms with Gasteiger partial charge in [-0.15, -0.1) is 11.3 Å². The summed E-state index contributed by atoms with van der Waals surface area (Å²) >= 11 is 1.47. The molecule has 104 valence electrons. The smallest absolute Gasteiger partial charge is 0.294 e. The maximum atomic E-state index is 11.3. The topological polar surface area (TPSA) is 112 Å². The van der Waals surface area contributed by atoms with E-state index in [9.17, 15) is 8.42 Å². The molecule has 9 heteroatoms. The van der Waals surface area contributed by atoms with Crippen molar-refractivity contribution < 1.29 is 17.4 Å². The molecule has 0 spiro atoms. The minimum Gasteiger partial charge on any atom is -0.455 e. The maximum absolute atomic E-state index is 11.3. The lowest BCUT2D eigenvalue weighted by Crippen LogP contribution is -2.12. The fourth-order valence-corrected chi connectivity index (χ4v) is 3.05. The first-order chi connectivity index (χ1) is 9.45. The van der Waals surface area contributed by atoms with Crippen molar-refractivity contribution in [2.45, 2.75) is 11.8 Å². The fourth-order valence-electron chi connectivity index (χ4n) is 1.68. The quantitative estimate of drug-likeness (QED) is 0.791. The van der Waals surface area contributed by atoms with Crippen LogP contribution in [-0.2, 0) is 10.0 Å². The Morgan fingerprint density at radius 2 is 2.20 bits per heavy atom. The second-order valence-corrected chi connectivity index (χ2v) is 6.45. The highest BCUT2D eigenvalue weighted by atomic mass is 32.2. The van der Waals surface area contributed by atoms with Crippen LogP contribution in [0.1, 0.15) is 5.76 Å². The minimum atomic E-state index is -3.84. The number of hydrogen-bond acceptors (Lipinski definition) is 7. The number of rotatable bonds is 3. The number of sulfonamides is 1. The summed E-state index contributed by atoms with van der Waals surface area (Å²) in [5.41, 5.74) is 0. The molecule has 20 heavy (non-hydrogen) atoms. The molecule has 0 aliphatic carbocycles. The summed E-state index contributed by atoms with van der Waals surface area (Å²) in [7, 11) is -3.84. The van der Waals surface area contributed by atoms with Crippen LogP contribution in [0.3, 0.4) is 0 Å². The largest absolute Gasteiger partial charge is 0.455 e. The van der Waals surface area contributed by atoms with E-state index in [4.69, 9.17) is 14.1 Å². The van der Waals surface area contributed by atoms with Gasteiger partial charge in [0, 0.05) is 6.07 Å².